The van der Waals surface area contributed by atoms with Crippen LogP contribution in [0.4, 0.5) is 0 Å². The Morgan fingerprint density at radius 2 is 1.50 bits per heavy atom. The van der Waals surface area contributed by atoms with Crippen molar-refractivity contribution in [1.29, 1.82) is 0 Å². The molecule has 3 aliphatic heterocycles. The van der Waals surface area contributed by atoms with Gasteiger partial charge >= 0.3 is 5.97 Å². The third kappa shape index (κ3) is 9.94. The number of cyclic esters (lactones) is 1. The van der Waals surface area contributed by atoms with Crippen LogP contribution in [0, 0.1) is 23.7 Å². The smallest absolute Gasteiger partial charge is 0.311 e. The molecular weight excluding hydrogens is 674 g/mol. The number of ketones is 1. The number of aliphatic hydroxyl groups excluding tert-OH is 2. The highest BCUT2D eigenvalue weighted by Crippen LogP contribution is 2.40. The summed E-state index contributed by atoms with van der Waals surface area (Å²) in [6.07, 6.45) is -6.58. The molecular formula is C39H71NO12. The van der Waals surface area contributed by atoms with Gasteiger partial charge in [0.1, 0.15) is 23.6 Å². The van der Waals surface area contributed by atoms with Gasteiger partial charge in [-0.1, -0.05) is 27.7 Å². The number of hydrogen-bond acceptors (Lipinski definition) is 13. The lowest BCUT2D eigenvalue weighted by molar-refractivity contribution is -0.308. The number of methoxy groups -OCH3 is 1. The maximum Gasteiger partial charge on any atom is 0.311 e. The Kier molecular flexibility index (Phi) is 15.3. The van der Waals surface area contributed by atoms with Crippen LogP contribution in [-0.2, 0) is 38.0 Å². The molecule has 13 heteroatoms. The van der Waals surface area contributed by atoms with Gasteiger partial charge in [-0.05, 0) is 81.7 Å². The molecule has 0 spiro atoms. The van der Waals surface area contributed by atoms with E-state index in [1.165, 1.54) is 21.0 Å². The first-order chi connectivity index (χ1) is 23.9. The second-order valence-corrected chi connectivity index (χ2v) is 17.2. The van der Waals surface area contributed by atoms with Crippen LogP contribution in [0.3, 0.4) is 0 Å². The summed E-state index contributed by atoms with van der Waals surface area (Å²) in [6.45, 7) is 21.1. The largest absolute Gasteiger partial charge is 0.459 e. The SMILES string of the molecule is CC[C@H]1OC(=O)[C@H](C)[C@@H](OC2CC(C)(OC)C(O)C(C)O2)[C@H](C)[C@@H](OC2CC(N(C)C(C)C)CC(C)O2)[C@@](C)(O)C[C@@H](C)C(=O)[C@H](C)[C@@H](O)[C@]1(C)O. The number of nitrogens with zero attached hydrogens (tertiary/aromatic N) is 1. The van der Waals surface area contributed by atoms with Crippen molar-refractivity contribution in [2.24, 2.45) is 23.7 Å². The maximum atomic E-state index is 14.1. The van der Waals surface area contributed by atoms with Crippen molar-refractivity contribution < 1.29 is 58.4 Å². The van der Waals surface area contributed by atoms with Crippen molar-refractivity contribution in [2.45, 2.75) is 199 Å². The fraction of sp³-hybridized carbons (Fsp3) is 0.949. The molecule has 0 aromatic heterocycles. The van der Waals surface area contributed by atoms with Crippen molar-refractivity contribution in [3.05, 3.63) is 0 Å². The molecule has 3 fully saturated rings. The van der Waals surface area contributed by atoms with Crippen molar-refractivity contribution >= 4 is 11.8 Å². The molecule has 3 saturated heterocycles. The Balaban J connectivity index is 2.16. The minimum absolute atomic E-state index is 0.0503. The molecule has 0 aromatic carbocycles. The van der Waals surface area contributed by atoms with Crippen molar-refractivity contribution in [2.75, 3.05) is 14.2 Å². The van der Waals surface area contributed by atoms with Gasteiger partial charge in [0.15, 0.2) is 12.6 Å². The van der Waals surface area contributed by atoms with E-state index in [1.807, 2.05) is 13.8 Å². The van der Waals surface area contributed by atoms with E-state index < -0.39 is 95.6 Å². The second kappa shape index (κ2) is 17.7. The molecule has 0 aliphatic carbocycles. The van der Waals surface area contributed by atoms with Gasteiger partial charge in [-0.2, -0.15) is 0 Å². The number of rotatable bonds is 8. The lowest BCUT2D eigenvalue weighted by atomic mass is 9.74. The lowest BCUT2D eigenvalue weighted by Gasteiger charge is -2.48. The van der Waals surface area contributed by atoms with E-state index in [-0.39, 0.29) is 43.2 Å². The molecule has 3 rings (SSSR count). The molecule has 0 bridgehead atoms. The number of aliphatic hydroxyl groups is 4. The van der Waals surface area contributed by atoms with E-state index in [0.29, 0.717) is 6.42 Å². The highest BCUT2D eigenvalue weighted by molar-refractivity contribution is 5.83. The zero-order valence-corrected chi connectivity index (χ0v) is 34.2. The first-order valence-electron chi connectivity index (χ1n) is 19.4. The summed E-state index contributed by atoms with van der Waals surface area (Å²) >= 11 is 0. The van der Waals surface area contributed by atoms with Crippen LogP contribution in [0.25, 0.3) is 0 Å². The Morgan fingerprint density at radius 1 is 0.885 bits per heavy atom. The summed E-state index contributed by atoms with van der Waals surface area (Å²) in [4.78, 5) is 30.3. The Labute approximate surface area is 312 Å². The summed E-state index contributed by atoms with van der Waals surface area (Å²) in [5, 5.41) is 46.3. The maximum absolute atomic E-state index is 14.1. The Hall–Kier alpha value is -1.26. The average molecular weight is 746 g/mol. The van der Waals surface area contributed by atoms with Crippen LogP contribution in [0.15, 0.2) is 0 Å². The number of ether oxygens (including phenoxy) is 6. The van der Waals surface area contributed by atoms with Crippen molar-refractivity contribution in [1.82, 2.24) is 4.90 Å². The number of Topliss-reactive ketones (excluding diaryl/α,β-unsaturated/α-hetero) is 1. The van der Waals surface area contributed by atoms with E-state index in [4.69, 9.17) is 28.4 Å². The summed E-state index contributed by atoms with van der Waals surface area (Å²) in [5.41, 5.74) is -4.66. The predicted octanol–water partition coefficient (Wildman–Crippen LogP) is 3.59. The summed E-state index contributed by atoms with van der Waals surface area (Å²) in [6, 6.07) is 0.424. The molecule has 52 heavy (non-hydrogen) atoms. The van der Waals surface area contributed by atoms with Crippen LogP contribution in [0.5, 0.6) is 0 Å². The van der Waals surface area contributed by atoms with Crippen molar-refractivity contribution in [3.63, 3.8) is 0 Å². The number of carbonyl (C=O) groups excluding carboxylic acids is 2. The highest BCUT2D eigenvalue weighted by Gasteiger charge is 2.53. The van der Waals surface area contributed by atoms with E-state index in [0.717, 1.165) is 6.42 Å². The van der Waals surface area contributed by atoms with Crippen LogP contribution in [-0.4, -0.2) is 135 Å². The third-order valence-corrected chi connectivity index (χ3v) is 12.4. The molecule has 3 aliphatic rings. The van der Waals surface area contributed by atoms with Gasteiger partial charge in [0, 0.05) is 49.8 Å². The van der Waals surface area contributed by atoms with E-state index in [2.05, 4.69) is 25.8 Å². The molecule has 13 nitrogen and oxygen atoms in total. The first-order valence-corrected chi connectivity index (χ1v) is 19.4. The molecule has 0 radical (unpaired) electrons. The van der Waals surface area contributed by atoms with Crippen LogP contribution in [0.2, 0.25) is 0 Å². The van der Waals surface area contributed by atoms with Gasteiger partial charge in [0.25, 0.3) is 0 Å². The van der Waals surface area contributed by atoms with Crippen molar-refractivity contribution in [3.8, 4) is 0 Å². The molecule has 0 aromatic rings. The predicted molar refractivity (Wildman–Crippen MR) is 194 cm³/mol. The topological polar surface area (TPSA) is 174 Å². The number of hydrogen-bond donors (Lipinski definition) is 4. The minimum Gasteiger partial charge on any atom is -0.459 e. The summed E-state index contributed by atoms with van der Waals surface area (Å²) < 4.78 is 37.7. The molecule has 0 amide bonds. The highest BCUT2D eigenvalue weighted by atomic mass is 16.7. The standard InChI is InChI=1S/C39H71NO12/c1-15-28-39(12,46)33(42)23(6)31(41)21(4)18-37(10,45)35(52-29-17-27(16-22(5)48-29)40(13)20(2)3)24(7)32(25(8)36(44)50-28)51-30-19-38(11,47-14)34(43)26(9)49-30/h20-30,32-35,42-43,45-46H,15-19H2,1-14H3/t21-,22?,23+,24+,25-,26?,27?,28-,29?,30?,32+,33-,34?,35-,37+,38?,39-/m1/s1. The second-order valence-electron chi connectivity index (χ2n) is 17.2. The zero-order chi connectivity index (χ0) is 39.7. The van der Waals surface area contributed by atoms with Crippen LogP contribution < -0.4 is 0 Å². The van der Waals surface area contributed by atoms with Gasteiger partial charge in [-0.3, -0.25) is 9.59 Å². The van der Waals surface area contributed by atoms with Gasteiger partial charge in [-0.25, -0.2) is 0 Å². The molecule has 17 atom stereocenters. The Bertz CT molecular complexity index is 1180. The number of carbonyl (C=O) groups is 2. The van der Waals surface area contributed by atoms with Gasteiger partial charge < -0.3 is 53.7 Å². The quantitative estimate of drug-likeness (QED) is 0.266. The zero-order valence-electron chi connectivity index (χ0n) is 34.2. The monoisotopic (exact) mass is 745 g/mol. The normalized spacial score (nSPS) is 47.7. The third-order valence-electron chi connectivity index (χ3n) is 12.4. The molecule has 304 valence electrons. The van der Waals surface area contributed by atoms with E-state index in [9.17, 15) is 30.0 Å². The van der Waals surface area contributed by atoms with E-state index >= 15 is 0 Å². The molecule has 7 unspecified atom stereocenters. The van der Waals surface area contributed by atoms with Crippen LogP contribution >= 0.6 is 0 Å². The van der Waals surface area contributed by atoms with E-state index in [1.54, 1.807) is 41.5 Å². The fourth-order valence-electron chi connectivity index (χ4n) is 8.69. The molecule has 4 N–H and O–H groups in total. The number of esters is 1. The lowest BCUT2D eigenvalue weighted by Crippen LogP contribution is -2.60. The Morgan fingerprint density at radius 3 is 2.06 bits per heavy atom. The minimum atomic E-state index is -1.97. The van der Waals surface area contributed by atoms with Gasteiger partial charge in [-0.15, -0.1) is 0 Å². The molecule has 0 saturated carbocycles. The summed E-state index contributed by atoms with van der Waals surface area (Å²) in [5.74, 6) is -4.58. The summed E-state index contributed by atoms with van der Waals surface area (Å²) in [7, 11) is 3.58. The molecule has 3 heterocycles. The van der Waals surface area contributed by atoms with Crippen LogP contribution in [0.1, 0.15) is 115 Å². The fourth-order valence-corrected chi connectivity index (χ4v) is 8.69. The first kappa shape index (κ1) is 45.1. The van der Waals surface area contributed by atoms with Gasteiger partial charge in [0.2, 0.25) is 0 Å². The average Bonchev–Trinajstić information content (AvgIpc) is 3.07. The van der Waals surface area contributed by atoms with Gasteiger partial charge in [0.05, 0.1) is 47.6 Å².